The molecule has 1 aliphatic carbocycles. The summed E-state index contributed by atoms with van der Waals surface area (Å²) in [5.74, 6) is -2.92. The van der Waals surface area contributed by atoms with E-state index in [1.807, 2.05) is 0 Å². The SMILES string of the molecule is O=C1NC2(C(=O)N1CC1CCCCC1)C(=O)N(Cc1ccc(F)c(F)c1)c1ccccc12. The highest BCUT2D eigenvalue weighted by Crippen LogP contribution is 2.44. The van der Waals surface area contributed by atoms with Gasteiger partial charge in [-0.15, -0.1) is 0 Å². The van der Waals surface area contributed by atoms with E-state index < -0.39 is 35.0 Å². The Bertz CT molecular complexity index is 1120. The molecule has 166 valence electrons. The smallest absolute Gasteiger partial charge is 0.311 e. The number of hydrogen-bond donors (Lipinski definition) is 1. The molecule has 2 aliphatic heterocycles. The molecule has 1 spiro atoms. The summed E-state index contributed by atoms with van der Waals surface area (Å²) in [5.41, 5.74) is -0.576. The van der Waals surface area contributed by atoms with E-state index in [-0.39, 0.29) is 12.5 Å². The standard InChI is InChI=1S/C24H23F2N3O3/c25-18-11-10-16(12-19(18)26)14-28-20-9-5-4-8-17(20)24(21(28)30)22(31)29(23(32)27-24)13-15-6-2-1-3-7-15/h4-5,8-12,15H,1-3,6-7,13-14H2,(H,27,32). The van der Waals surface area contributed by atoms with Gasteiger partial charge in [-0.2, -0.15) is 0 Å². The van der Waals surface area contributed by atoms with E-state index in [0.29, 0.717) is 23.4 Å². The monoisotopic (exact) mass is 439 g/mol. The van der Waals surface area contributed by atoms with Crippen LogP contribution in [0.1, 0.15) is 43.2 Å². The van der Waals surface area contributed by atoms with Crippen molar-refractivity contribution in [2.75, 3.05) is 11.4 Å². The molecule has 8 heteroatoms. The minimum absolute atomic E-state index is 0.0550. The Kier molecular flexibility index (Phi) is 4.95. The predicted octanol–water partition coefficient (Wildman–Crippen LogP) is 3.84. The molecular weight excluding hydrogens is 416 g/mol. The molecule has 32 heavy (non-hydrogen) atoms. The number of carbonyl (C=O) groups is 3. The zero-order chi connectivity index (χ0) is 22.5. The Morgan fingerprint density at radius 2 is 1.62 bits per heavy atom. The predicted molar refractivity (Wildman–Crippen MR) is 112 cm³/mol. The third-order valence-corrected chi connectivity index (χ3v) is 6.76. The zero-order valence-electron chi connectivity index (χ0n) is 17.4. The molecule has 2 aromatic rings. The number of benzene rings is 2. The van der Waals surface area contributed by atoms with Crippen LogP contribution in [0.5, 0.6) is 0 Å². The molecule has 1 N–H and O–H groups in total. The van der Waals surface area contributed by atoms with Crippen molar-refractivity contribution in [3.05, 3.63) is 65.2 Å². The molecule has 1 saturated heterocycles. The highest BCUT2D eigenvalue weighted by atomic mass is 19.2. The quantitative estimate of drug-likeness (QED) is 0.581. The third kappa shape index (κ3) is 3.08. The van der Waals surface area contributed by atoms with Crippen LogP contribution in [-0.4, -0.2) is 29.3 Å². The van der Waals surface area contributed by atoms with Crippen molar-refractivity contribution >= 4 is 23.5 Å². The van der Waals surface area contributed by atoms with Gasteiger partial charge in [0.25, 0.3) is 11.8 Å². The lowest BCUT2D eigenvalue weighted by Crippen LogP contribution is -2.52. The van der Waals surface area contributed by atoms with Gasteiger partial charge < -0.3 is 10.2 Å². The van der Waals surface area contributed by atoms with Crippen molar-refractivity contribution in [2.45, 2.75) is 44.2 Å². The second-order valence-corrected chi connectivity index (χ2v) is 8.76. The van der Waals surface area contributed by atoms with Gasteiger partial charge in [0.05, 0.1) is 12.2 Å². The maximum Gasteiger partial charge on any atom is 0.325 e. The van der Waals surface area contributed by atoms with Gasteiger partial charge in [-0.1, -0.05) is 43.5 Å². The van der Waals surface area contributed by atoms with E-state index in [4.69, 9.17) is 0 Å². The Morgan fingerprint density at radius 1 is 0.906 bits per heavy atom. The summed E-state index contributed by atoms with van der Waals surface area (Å²) in [6.45, 7) is 0.242. The van der Waals surface area contributed by atoms with Crippen molar-refractivity contribution in [2.24, 2.45) is 5.92 Å². The maximum atomic E-state index is 13.7. The first-order valence-corrected chi connectivity index (χ1v) is 10.9. The van der Waals surface area contributed by atoms with Gasteiger partial charge in [-0.3, -0.25) is 14.5 Å². The number of halogens is 2. The number of imide groups is 1. The number of para-hydroxylation sites is 1. The number of fused-ring (bicyclic) bond motifs is 2. The number of carbonyl (C=O) groups excluding carboxylic acids is 3. The Labute approximate surface area is 184 Å². The molecule has 0 aromatic heterocycles. The van der Waals surface area contributed by atoms with E-state index in [0.717, 1.165) is 44.2 Å². The van der Waals surface area contributed by atoms with E-state index >= 15 is 0 Å². The normalized spacial score (nSPS) is 23.2. The summed E-state index contributed by atoms with van der Waals surface area (Å²) in [6, 6.07) is 9.62. The van der Waals surface area contributed by atoms with Crippen LogP contribution in [-0.2, 0) is 21.7 Å². The van der Waals surface area contributed by atoms with Crippen LogP contribution >= 0.6 is 0 Å². The first kappa shape index (κ1) is 20.6. The summed E-state index contributed by atoms with van der Waals surface area (Å²) in [7, 11) is 0. The molecule has 1 atom stereocenters. The van der Waals surface area contributed by atoms with Gasteiger partial charge in [-0.05, 0) is 42.5 Å². The first-order chi connectivity index (χ1) is 15.4. The molecule has 5 rings (SSSR count). The third-order valence-electron chi connectivity index (χ3n) is 6.76. The minimum atomic E-state index is -1.82. The van der Waals surface area contributed by atoms with Crippen molar-refractivity contribution in [3.8, 4) is 0 Å². The topological polar surface area (TPSA) is 69.7 Å². The fourth-order valence-corrected chi connectivity index (χ4v) is 5.13. The Hall–Kier alpha value is -3.29. The van der Waals surface area contributed by atoms with Gasteiger partial charge in [0.15, 0.2) is 11.6 Å². The molecule has 0 radical (unpaired) electrons. The number of amides is 4. The van der Waals surface area contributed by atoms with Crippen LogP contribution in [0.15, 0.2) is 42.5 Å². The lowest BCUT2D eigenvalue weighted by molar-refractivity contribution is -0.138. The average molecular weight is 439 g/mol. The molecule has 2 fully saturated rings. The molecule has 2 heterocycles. The van der Waals surface area contributed by atoms with Gasteiger partial charge >= 0.3 is 6.03 Å². The molecule has 6 nitrogen and oxygen atoms in total. The largest absolute Gasteiger partial charge is 0.325 e. The van der Waals surface area contributed by atoms with Crippen LogP contribution in [0.2, 0.25) is 0 Å². The summed E-state index contributed by atoms with van der Waals surface area (Å²) >= 11 is 0. The van der Waals surface area contributed by atoms with E-state index in [1.165, 1.54) is 15.9 Å². The summed E-state index contributed by atoms with van der Waals surface area (Å²) < 4.78 is 27.1. The minimum Gasteiger partial charge on any atom is -0.311 e. The van der Waals surface area contributed by atoms with Gasteiger partial charge in [-0.25, -0.2) is 13.6 Å². The number of rotatable bonds is 4. The number of nitrogens with one attached hydrogen (secondary N) is 1. The molecule has 4 amide bonds. The highest BCUT2D eigenvalue weighted by Gasteiger charge is 2.63. The van der Waals surface area contributed by atoms with Crippen molar-refractivity contribution in [1.82, 2.24) is 10.2 Å². The van der Waals surface area contributed by atoms with E-state index in [2.05, 4.69) is 5.32 Å². The number of anilines is 1. The molecule has 3 aliphatic rings. The summed E-state index contributed by atoms with van der Waals surface area (Å²) in [5, 5.41) is 2.67. The van der Waals surface area contributed by atoms with Crippen molar-refractivity contribution in [1.29, 1.82) is 0 Å². The lowest BCUT2D eigenvalue weighted by atomic mass is 9.88. The summed E-state index contributed by atoms with van der Waals surface area (Å²) in [6.07, 6.45) is 5.21. The van der Waals surface area contributed by atoms with Gasteiger partial charge in [0.1, 0.15) is 0 Å². The fourth-order valence-electron chi connectivity index (χ4n) is 5.13. The number of nitrogens with zero attached hydrogens (tertiary/aromatic N) is 2. The van der Waals surface area contributed by atoms with Crippen LogP contribution in [0, 0.1) is 17.6 Å². The van der Waals surface area contributed by atoms with Crippen molar-refractivity contribution < 1.29 is 23.2 Å². The molecule has 2 aromatic carbocycles. The summed E-state index contributed by atoms with van der Waals surface area (Å²) in [4.78, 5) is 42.6. The second kappa shape index (κ2) is 7.69. The first-order valence-electron chi connectivity index (χ1n) is 10.9. The molecule has 1 unspecified atom stereocenters. The zero-order valence-corrected chi connectivity index (χ0v) is 17.4. The van der Waals surface area contributed by atoms with Crippen molar-refractivity contribution in [3.63, 3.8) is 0 Å². The van der Waals surface area contributed by atoms with Gasteiger partial charge in [0.2, 0.25) is 5.54 Å². The second-order valence-electron chi connectivity index (χ2n) is 8.76. The highest BCUT2D eigenvalue weighted by molar-refractivity contribution is 6.27. The number of urea groups is 1. The Balaban J connectivity index is 1.49. The number of hydrogen-bond acceptors (Lipinski definition) is 3. The lowest BCUT2D eigenvalue weighted by Gasteiger charge is -2.26. The molecular formula is C24H23F2N3O3. The molecule has 1 saturated carbocycles. The average Bonchev–Trinajstić information content (AvgIpc) is 3.18. The fraction of sp³-hybridized carbons (Fsp3) is 0.375. The van der Waals surface area contributed by atoms with Crippen LogP contribution < -0.4 is 10.2 Å². The molecule has 0 bridgehead atoms. The Morgan fingerprint density at radius 3 is 2.38 bits per heavy atom. The van der Waals surface area contributed by atoms with Crippen LogP contribution in [0.4, 0.5) is 19.3 Å². The van der Waals surface area contributed by atoms with Crippen LogP contribution in [0.3, 0.4) is 0 Å². The van der Waals surface area contributed by atoms with Gasteiger partial charge in [0, 0.05) is 12.1 Å². The maximum absolute atomic E-state index is 13.7. The van der Waals surface area contributed by atoms with E-state index in [9.17, 15) is 23.2 Å². The van der Waals surface area contributed by atoms with E-state index in [1.54, 1.807) is 24.3 Å². The van der Waals surface area contributed by atoms with Crippen LogP contribution in [0.25, 0.3) is 0 Å².